The van der Waals surface area contributed by atoms with Gasteiger partial charge < -0.3 is 10.3 Å². The Morgan fingerprint density at radius 2 is 1.88 bits per heavy atom. The lowest BCUT2D eigenvalue weighted by atomic mass is 10.0. The van der Waals surface area contributed by atoms with Gasteiger partial charge in [-0.2, -0.15) is 0 Å². The number of benzene rings is 2. The molecule has 4 rings (SSSR count). The van der Waals surface area contributed by atoms with Gasteiger partial charge in [-0.1, -0.05) is 36.4 Å². The highest BCUT2D eigenvalue weighted by Gasteiger charge is 2.30. The van der Waals surface area contributed by atoms with Crippen LogP contribution in [0.4, 0.5) is 0 Å². The molecule has 2 heterocycles. The number of rotatable bonds is 4. The smallest absolute Gasteiger partial charge is 0.220 e. The number of carbonyl (C=O) groups excluding carboxylic acids is 1. The summed E-state index contributed by atoms with van der Waals surface area (Å²) in [4.78, 5) is 16.0. The number of hydrogen-bond donors (Lipinski definition) is 2. The van der Waals surface area contributed by atoms with Gasteiger partial charge in [-0.05, 0) is 36.1 Å². The first-order chi connectivity index (χ1) is 12.5. The number of amides is 1. The number of fused-ring (bicyclic) bond motifs is 2. The van der Waals surface area contributed by atoms with E-state index in [9.17, 15) is 13.2 Å². The molecular formula is C20H20N2O3S. The topological polar surface area (TPSA) is 79.0 Å². The Balaban J connectivity index is 1.46. The van der Waals surface area contributed by atoms with E-state index in [-0.39, 0.29) is 17.7 Å². The Hall–Kier alpha value is -2.60. The summed E-state index contributed by atoms with van der Waals surface area (Å²) in [7, 11) is -3.24. The monoisotopic (exact) mass is 368 g/mol. The van der Waals surface area contributed by atoms with Crippen LogP contribution in [0.15, 0.2) is 59.6 Å². The van der Waals surface area contributed by atoms with Crippen LogP contribution < -0.4 is 5.32 Å². The van der Waals surface area contributed by atoms with Gasteiger partial charge in [0.15, 0.2) is 9.84 Å². The van der Waals surface area contributed by atoms with Gasteiger partial charge in [0.1, 0.15) is 0 Å². The van der Waals surface area contributed by atoms with Crippen LogP contribution in [0.5, 0.6) is 0 Å². The maximum Gasteiger partial charge on any atom is 0.220 e. The van der Waals surface area contributed by atoms with Gasteiger partial charge in [0.05, 0.1) is 16.7 Å². The summed E-state index contributed by atoms with van der Waals surface area (Å²) in [6.07, 6.45) is 3.37. The van der Waals surface area contributed by atoms with E-state index in [1.54, 1.807) is 18.2 Å². The molecule has 0 spiro atoms. The normalized spacial score (nSPS) is 18.4. The SMILES string of the molecule is O=C(CCc1c[nH]c2ccccc12)N[C@H]1CCS(=O)(=O)c2ccccc21. The van der Waals surface area contributed by atoms with Crippen LogP contribution in [0.1, 0.15) is 30.0 Å². The molecule has 1 aliphatic heterocycles. The molecular weight excluding hydrogens is 348 g/mol. The van der Waals surface area contributed by atoms with Crippen molar-refractivity contribution < 1.29 is 13.2 Å². The van der Waals surface area contributed by atoms with Gasteiger partial charge in [0, 0.05) is 23.5 Å². The first-order valence-corrected chi connectivity index (χ1v) is 10.4. The largest absolute Gasteiger partial charge is 0.361 e. The molecule has 26 heavy (non-hydrogen) atoms. The lowest BCUT2D eigenvalue weighted by Crippen LogP contribution is -2.34. The Morgan fingerprint density at radius 3 is 2.77 bits per heavy atom. The van der Waals surface area contributed by atoms with Gasteiger partial charge in [0.25, 0.3) is 0 Å². The molecule has 2 aromatic carbocycles. The van der Waals surface area contributed by atoms with Crippen LogP contribution in [0.3, 0.4) is 0 Å². The highest BCUT2D eigenvalue weighted by atomic mass is 32.2. The summed E-state index contributed by atoms with van der Waals surface area (Å²) in [5.74, 6) is 0.00612. The Kier molecular flexibility index (Phi) is 4.28. The van der Waals surface area contributed by atoms with Gasteiger partial charge in [0.2, 0.25) is 5.91 Å². The van der Waals surface area contributed by atoms with E-state index >= 15 is 0 Å². The zero-order chi connectivity index (χ0) is 18.1. The van der Waals surface area contributed by atoms with E-state index in [2.05, 4.69) is 10.3 Å². The molecule has 1 amide bonds. The standard InChI is InChI=1S/C20H20N2O3S/c23-20(10-9-14-13-21-17-7-3-1-5-15(14)17)22-18-11-12-26(24,25)19-8-4-2-6-16(18)19/h1-8,13,18,21H,9-12H2,(H,22,23)/t18-/m0/s1. The van der Waals surface area contributed by atoms with Crippen molar-refractivity contribution >= 4 is 26.6 Å². The Morgan fingerprint density at radius 1 is 1.12 bits per heavy atom. The molecule has 2 N–H and O–H groups in total. The number of H-pyrrole nitrogens is 1. The predicted octanol–water partition coefficient (Wildman–Crippen LogP) is 3.14. The number of aromatic amines is 1. The number of nitrogens with one attached hydrogen (secondary N) is 2. The van der Waals surface area contributed by atoms with Crippen LogP contribution in [0, 0.1) is 0 Å². The molecule has 3 aromatic rings. The maximum absolute atomic E-state index is 12.4. The number of aromatic nitrogens is 1. The van der Waals surface area contributed by atoms with Crippen LogP contribution in [-0.4, -0.2) is 25.1 Å². The molecule has 0 radical (unpaired) electrons. The first-order valence-electron chi connectivity index (χ1n) is 8.71. The lowest BCUT2D eigenvalue weighted by molar-refractivity contribution is -0.121. The number of sulfone groups is 1. The van der Waals surface area contributed by atoms with Gasteiger partial charge in [-0.15, -0.1) is 0 Å². The van der Waals surface area contributed by atoms with Crippen molar-refractivity contribution in [1.82, 2.24) is 10.3 Å². The summed E-state index contributed by atoms with van der Waals surface area (Å²) < 4.78 is 24.4. The first kappa shape index (κ1) is 16.8. The van der Waals surface area contributed by atoms with E-state index in [4.69, 9.17) is 0 Å². The second-order valence-electron chi connectivity index (χ2n) is 6.62. The van der Waals surface area contributed by atoms with E-state index in [0.29, 0.717) is 29.7 Å². The zero-order valence-corrected chi connectivity index (χ0v) is 15.1. The fourth-order valence-electron chi connectivity index (χ4n) is 3.59. The quantitative estimate of drug-likeness (QED) is 0.742. The van der Waals surface area contributed by atoms with Gasteiger partial charge >= 0.3 is 0 Å². The van der Waals surface area contributed by atoms with Crippen molar-refractivity contribution in [1.29, 1.82) is 0 Å². The van der Waals surface area contributed by atoms with Crippen molar-refractivity contribution in [2.45, 2.75) is 30.2 Å². The van der Waals surface area contributed by atoms with Crippen LogP contribution in [0.2, 0.25) is 0 Å². The summed E-state index contributed by atoms with van der Waals surface area (Å²) >= 11 is 0. The predicted molar refractivity (Wildman–Crippen MR) is 101 cm³/mol. The minimum atomic E-state index is -3.24. The van der Waals surface area contributed by atoms with E-state index in [0.717, 1.165) is 16.5 Å². The number of carbonyl (C=O) groups is 1. The number of aryl methyl sites for hydroxylation is 1. The van der Waals surface area contributed by atoms with E-state index < -0.39 is 9.84 Å². The van der Waals surface area contributed by atoms with Crippen molar-refractivity contribution in [2.75, 3.05) is 5.75 Å². The third-order valence-corrected chi connectivity index (χ3v) is 6.75. The van der Waals surface area contributed by atoms with Gasteiger partial charge in [-0.3, -0.25) is 4.79 Å². The molecule has 0 fully saturated rings. The molecule has 6 heteroatoms. The highest BCUT2D eigenvalue weighted by Crippen LogP contribution is 2.32. The Labute approximate surface area is 152 Å². The van der Waals surface area contributed by atoms with Crippen LogP contribution in [0.25, 0.3) is 10.9 Å². The fraction of sp³-hybridized carbons (Fsp3) is 0.250. The molecule has 0 aliphatic carbocycles. The molecule has 1 aromatic heterocycles. The third kappa shape index (κ3) is 3.12. The average Bonchev–Trinajstić information content (AvgIpc) is 3.06. The Bertz CT molecular complexity index is 1070. The number of hydrogen-bond acceptors (Lipinski definition) is 3. The fourth-order valence-corrected chi connectivity index (χ4v) is 5.21. The van der Waals surface area contributed by atoms with Crippen molar-refractivity contribution in [3.05, 3.63) is 65.9 Å². The van der Waals surface area contributed by atoms with Gasteiger partial charge in [-0.25, -0.2) is 8.42 Å². The second-order valence-corrected chi connectivity index (χ2v) is 8.70. The van der Waals surface area contributed by atoms with E-state index in [1.807, 2.05) is 36.5 Å². The van der Waals surface area contributed by atoms with Crippen molar-refractivity contribution in [2.24, 2.45) is 0 Å². The molecule has 5 nitrogen and oxygen atoms in total. The molecule has 134 valence electrons. The minimum Gasteiger partial charge on any atom is -0.361 e. The number of para-hydroxylation sites is 1. The lowest BCUT2D eigenvalue weighted by Gasteiger charge is -2.26. The third-order valence-electron chi connectivity index (χ3n) is 4.94. The van der Waals surface area contributed by atoms with Crippen molar-refractivity contribution in [3.63, 3.8) is 0 Å². The van der Waals surface area contributed by atoms with Crippen LogP contribution in [-0.2, 0) is 21.1 Å². The molecule has 0 bridgehead atoms. The molecule has 0 saturated carbocycles. The van der Waals surface area contributed by atoms with Crippen LogP contribution >= 0.6 is 0 Å². The summed E-state index contributed by atoms with van der Waals surface area (Å²) in [6, 6.07) is 14.7. The molecule has 0 saturated heterocycles. The zero-order valence-electron chi connectivity index (χ0n) is 14.2. The summed E-state index contributed by atoms with van der Waals surface area (Å²) in [6.45, 7) is 0. The second kappa shape index (κ2) is 6.61. The average molecular weight is 368 g/mol. The molecule has 1 aliphatic rings. The molecule has 1 atom stereocenters. The summed E-state index contributed by atoms with van der Waals surface area (Å²) in [5.41, 5.74) is 2.87. The van der Waals surface area contributed by atoms with Crippen molar-refractivity contribution in [3.8, 4) is 0 Å². The summed E-state index contributed by atoms with van der Waals surface area (Å²) in [5, 5.41) is 4.14. The van der Waals surface area contributed by atoms with E-state index in [1.165, 1.54) is 0 Å². The molecule has 0 unspecified atom stereocenters. The highest BCUT2D eigenvalue weighted by molar-refractivity contribution is 7.91. The maximum atomic E-state index is 12.4. The minimum absolute atomic E-state index is 0.0608.